The lowest BCUT2D eigenvalue weighted by Crippen LogP contribution is -1.97. The highest BCUT2D eigenvalue weighted by atomic mass is 16.5. The van der Waals surface area contributed by atoms with Crippen LogP contribution < -0.4 is 4.74 Å². The third-order valence-electron chi connectivity index (χ3n) is 2.49. The standard InChI is InChI=1S/C13H13NO4/c1-8-6-10(18-12(8)13(15)16)7-17-11-4-3-5-14-9(11)2/h3-6H,7H2,1-2H3,(H,15,16). The molecule has 1 N–H and O–H groups in total. The van der Waals surface area contributed by atoms with Gasteiger partial charge >= 0.3 is 5.97 Å². The Kier molecular flexibility index (Phi) is 3.32. The maximum Gasteiger partial charge on any atom is 0.372 e. The van der Waals surface area contributed by atoms with Crippen molar-refractivity contribution in [2.24, 2.45) is 0 Å². The van der Waals surface area contributed by atoms with E-state index in [1.54, 1.807) is 31.3 Å². The van der Waals surface area contributed by atoms with Gasteiger partial charge in [-0.3, -0.25) is 4.98 Å². The number of carboxylic acid groups (broad SMARTS) is 1. The van der Waals surface area contributed by atoms with Crippen LogP contribution in [-0.2, 0) is 6.61 Å². The fourth-order valence-electron chi connectivity index (χ4n) is 1.60. The summed E-state index contributed by atoms with van der Waals surface area (Å²) in [4.78, 5) is 14.9. The average molecular weight is 247 g/mol. The summed E-state index contributed by atoms with van der Waals surface area (Å²) in [6.45, 7) is 3.71. The maximum atomic E-state index is 10.8. The number of rotatable bonds is 4. The zero-order valence-electron chi connectivity index (χ0n) is 10.1. The van der Waals surface area contributed by atoms with Crippen molar-refractivity contribution in [3.05, 3.63) is 47.2 Å². The molecule has 0 atom stereocenters. The number of hydrogen-bond acceptors (Lipinski definition) is 4. The molecule has 0 saturated carbocycles. The van der Waals surface area contributed by atoms with Crippen LogP contribution in [0, 0.1) is 13.8 Å². The first-order valence-electron chi connectivity index (χ1n) is 5.45. The van der Waals surface area contributed by atoms with Crippen LogP contribution in [-0.4, -0.2) is 16.1 Å². The first-order chi connectivity index (χ1) is 8.58. The Morgan fingerprint density at radius 1 is 1.50 bits per heavy atom. The summed E-state index contributed by atoms with van der Waals surface area (Å²) in [5, 5.41) is 8.86. The Morgan fingerprint density at radius 3 is 2.89 bits per heavy atom. The van der Waals surface area contributed by atoms with Crippen molar-refractivity contribution in [2.75, 3.05) is 0 Å². The molecule has 0 aliphatic heterocycles. The van der Waals surface area contributed by atoms with Gasteiger partial charge in [0.05, 0.1) is 5.69 Å². The molecule has 94 valence electrons. The van der Waals surface area contributed by atoms with Crippen molar-refractivity contribution < 1.29 is 19.1 Å². The molecule has 0 saturated heterocycles. The zero-order valence-corrected chi connectivity index (χ0v) is 10.1. The van der Waals surface area contributed by atoms with Crippen LogP contribution in [0.15, 0.2) is 28.8 Å². The van der Waals surface area contributed by atoms with E-state index in [1.807, 2.05) is 6.92 Å². The van der Waals surface area contributed by atoms with E-state index in [4.69, 9.17) is 14.3 Å². The molecule has 0 amide bonds. The van der Waals surface area contributed by atoms with E-state index in [0.717, 1.165) is 5.69 Å². The number of ether oxygens (including phenoxy) is 1. The lowest BCUT2D eigenvalue weighted by Gasteiger charge is -2.05. The molecule has 5 nitrogen and oxygen atoms in total. The van der Waals surface area contributed by atoms with Gasteiger partial charge in [0.15, 0.2) is 0 Å². The van der Waals surface area contributed by atoms with E-state index in [0.29, 0.717) is 17.1 Å². The van der Waals surface area contributed by atoms with Crippen molar-refractivity contribution in [1.29, 1.82) is 0 Å². The van der Waals surface area contributed by atoms with Crippen molar-refractivity contribution in [3.63, 3.8) is 0 Å². The molecule has 0 radical (unpaired) electrons. The molecule has 0 aromatic carbocycles. The van der Waals surface area contributed by atoms with Crippen molar-refractivity contribution in [2.45, 2.75) is 20.5 Å². The number of furan rings is 1. The Balaban J connectivity index is 2.09. The van der Waals surface area contributed by atoms with Gasteiger partial charge in [-0.05, 0) is 32.0 Å². The minimum Gasteiger partial charge on any atom is -0.484 e. The summed E-state index contributed by atoms with van der Waals surface area (Å²) in [6, 6.07) is 5.24. The van der Waals surface area contributed by atoms with Crippen LogP contribution in [0.2, 0.25) is 0 Å². The topological polar surface area (TPSA) is 72.6 Å². The normalized spacial score (nSPS) is 10.3. The van der Waals surface area contributed by atoms with Crippen molar-refractivity contribution in [3.8, 4) is 5.75 Å². The molecule has 2 aromatic rings. The molecule has 0 aliphatic carbocycles. The van der Waals surface area contributed by atoms with Crippen LogP contribution in [0.1, 0.15) is 27.6 Å². The number of pyridine rings is 1. The Hall–Kier alpha value is -2.30. The van der Waals surface area contributed by atoms with Crippen LogP contribution in [0.3, 0.4) is 0 Å². The first-order valence-corrected chi connectivity index (χ1v) is 5.45. The molecule has 0 aliphatic rings. The van der Waals surface area contributed by atoms with Crippen LogP contribution in [0.4, 0.5) is 0 Å². The van der Waals surface area contributed by atoms with Gasteiger partial charge < -0.3 is 14.3 Å². The fraction of sp³-hybridized carbons (Fsp3) is 0.231. The number of aryl methyl sites for hydroxylation is 2. The van der Waals surface area contributed by atoms with Gasteiger partial charge in [0.25, 0.3) is 0 Å². The quantitative estimate of drug-likeness (QED) is 0.898. The van der Waals surface area contributed by atoms with Gasteiger partial charge in [-0.15, -0.1) is 0 Å². The number of hydrogen-bond donors (Lipinski definition) is 1. The van der Waals surface area contributed by atoms with E-state index in [9.17, 15) is 4.79 Å². The van der Waals surface area contributed by atoms with Gasteiger partial charge in [-0.2, -0.15) is 0 Å². The molecule has 0 fully saturated rings. The summed E-state index contributed by atoms with van der Waals surface area (Å²) < 4.78 is 10.7. The molecule has 18 heavy (non-hydrogen) atoms. The van der Waals surface area contributed by atoms with Gasteiger partial charge in [-0.1, -0.05) is 0 Å². The third-order valence-corrected chi connectivity index (χ3v) is 2.49. The van der Waals surface area contributed by atoms with Crippen molar-refractivity contribution >= 4 is 5.97 Å². The molecular weight excluding hydrogens is 234 g/mol. The monoisotopic (exact) mass is 247 g/mol. The largest absolute Gasteiger partial charge is 0.484 e. The molecule has 2 aromatic heterocycles. The molecule has 0 unspecified atom stereocenters. The molecule has 2 rings (SSSR count). The van der Waals surface area contributed by atoms with Gasteiger partial charge in [-0.25, -0.2) is 4.79 Å². The fourth-order valence-corrected chi connectivity index (χ4v) is 1.60. The summed E-state index contributed by atoms with van der Waals surface area (Å²) in [5.41, 5.74) is 1.36. The van der Waals surface area contributed by atoms with Crippen LogP contribution in [0.25, 0.3) is 0 Å². The number of carboxylic acids is 1. The van der Waals surface area contributed by atoms with E-state index in [-0.39, 0.29) is 12.4 Å². The highest BCUT2D eigenvalue weighted by Crippen LogP contribution is 2.19. The third kappa shape index (κ3) is 2.51. The van der Waals surface area contributed by atoms with Gasteiger partial charge in [0, 0.05) is 11.8 Å². The summed E-state index contributed by atoms with van der Waals surface area (Å²) in [7, 11) is 0. The number of nitrogens with zero attached hydrogens (tertiary/aromatic N) is 1. The van der Waals surface area contributed by atoms with Gasteiger partial charge in [0.2, 0.25) is 5.76 Å². The molecule has 0 bridgehead atoms. The van der Waals surface area contributed by atoms with E-state index in [1.165, 1.54) is 0 Å². The first kappa shape index (κ1) is 12.2. The highest BCUT2D eigenvalue weighted by molar-refractivity contribution is 5.86. The van der Waals surface area contributed by atoms with E-state index >= 15 is 0 Å². The molecule has 2 heterocycles. The minimum absolute atomic E-state index is 0.0449. The predicted octanol–water partition coefficient (Wildman–Crippen LogP) is 2.57. The summed E-state index contributed by atoms with van der Waals surface area (Å²) >= 11 is 0. The zero-order chi connectivity index (χ0) is 13.1. The predicted molar refractivity (Wildman–Crippen MR) is 63.7 cm³/mol. The second kappa shape index (κ2) is 4.91. The highest BCUT2D eigenvalue weighted by Gasteiger charge is 2.14. The summed E-state index contributed by atoms with van der Waals surface area (Å²) in [6.07, 6.45) is 1.68. The second-order valence-corrected chi connectivity index (χ2v) is 3.91. The molecular formula is C13H13NO4. The second-order valence-electron chi connectivity index (χ2n) is 3.91. The smallest absolute Gasteiger partial charge is 0.372 e. The van der Waals surface area contributed by atoms with E-state index in [2.05, 4.69) is 4.98 Å². The van der Waals surface area contributed by atoms with Crippen molar-refractivity contribution in [1.82, 2.24) is 4.98 Å². The number of aromatic nitrogens is 1. The van der Waals surface area contributed by atoms with Crippen LogP contribution in [0.5, 0.6) is 5.75 Å². The SMILES string of the molecule is Cc1cc(COc2cccnc2C)oc1C(=O)O. The Morgan fingerprint density at radius 2 is 2.28 bits per heavy atom. The summed E-state index contributed by atoms with van der Waals surface area (Å²) in [5.74, 6) is 0.0180. The van der Waals surface area contributed by atoms with Gasteiger partial charge in [0.1, 0.15) is 18.1 Å². The lowest BCUT2D eigenvalue weighted by atomic mass is 10.3. The lowest BCUT2D eigenvalue weighted by molar-refractivity contribution is 0.0657. The molecule has 5 heteroatoms. The Labute approximate surface area is 104 Å². The minimum atomic E-state index is -1.07. The maximum absolute atomic E-state index is 10.8. The number of carbonyl (C=O) groups is 1. The van der Waals surface area contributed by atoms with Crippen LogP contribution >= 0.6 is 0 Å². The average Bonchev–Trinajstić information content (AvgIpc) is 2.70. The Bertz CT molecular complexity index is 574. The number of aromatic carboxylic acids is 1. The van der Waals surface area contributed by atoms with E-state index < -0.39 is 5.97 Å². The molecule has 0 spiro atoms.